The van der Waals surface area contributed by atoms with Gasteiger partial charge in [-0.2, -0.15) is 5.26 Å². The van der Waals surface area contributed by atoms with Crippen LogP contribution in [0, 0.1) is 18.3 Å². The fourth-order valence-corrected chi connectivity index (χ4v) is 2.38. The standard InChI is InChI=1S/C14H15N5/c1-11-5-4-6-12(9-11)19-16-13(10-15)14(17-19)18-7-2-3-8-18/h4-6,9H,2-3,7-8H2,1H3. The summed E-state index contributed by atoms with van der Waals surface area (Å²) in [6, 6.07) is 10.1. The Labute approximate surface area is 112 Å². The first kappa shape index (κ1) is 11.7. The van der Waals surface area contributed by atoms with Crippen molar-refractivity contribution in [2.75, 3.05) is 18.0 Å². The first-order valence-corrected chi connectivity index (χ1v) is 6.47. The lowest BCUT2D eigenvalue weighted by Gasteiger charge is -2.12. The molecule has 1 aromatic carbocycles. The molecule has 5 nitrogen and oxygen atoms in total. The van der Waals surface area contributed by atoms with Gasteiger partial charge in [-0.25, -0.2) is 0 Å². The van der Waals surface area contributed by atoms with Gasteiger partial charge >= 0.3 is 0 Å². The Kier molecular flexibility index (Phi) is 2.92. The third-order valence-electron chi connectivity index (χ3n) is 3.34. The normalized spacial score (nSPS) is 14.6. The SMILES string of the molecule is Cc1cccc(-n2nc(C#N)c(N3CCCC3)n2)c1. The number of hydrogen-bond acceptors (Lipinski definition) is 4. The van der Waals surface area contributed by atoms with Gasteiger partial charge in [0.1, 0.15) is 6.07 Å². The van der Waals surface area contributed by atoms with Gasteiger partial charge < -0.3 is 4.90 Å². The van der Waals surface area contributed by atoms with Gasteiger partial charge in [0.25, 0.3) is 0 Å². The number of nitriles is 1. The summed E-state index contributed by atoms with van der Waals surface area (Å²) in [7, 11) is 0. The van der Waals surface area contributed by atoms with Gasteiger partial charge in [0, 0.05) is 13.1 Å². The average molecular weight is 253 g/mol. The maximum atomic E-state index is 9.20. The maximum Gasteiger partial charge on any atom is 0.207 e. The molecule has 0 atom stereocenters. The fraction of sp³-hybridized carbons (Fsp3) is 0.357. The smallest absolute Gasteiger partial charge is 0.207 e. The van der Waals surface area contributed by atoms with Gasteiger partial charge in [0.2, 0.25) is 5.69 Å². The van der Waals surface area contributed by atoms with Gasteiger partial charge in [-0.3, -0.25) is 0 Å². The number of aromatic nitrogens is 3. The molecule has 0 aliphatic carbocycles. The van der Waals surface area contributed by atoms with Crippen molar-refractivity contribution < 1.29 is 0 Å². The van der Waals surface area contributed by atoms with Crippen LogP contribution in [0.15, 0.2) is 24.3 Å². The van der Waals surface area contributed by atoms with Crippen molar-refractivity contribution in [3.05, 3.63) is 35.5 Å². The molecule has 0 radical (unpaired) electrons. The van der Waals surface area contributed by atoms with Crippen LogP contribution in [0.1, 0.15) is 24.1 Å². The van der Waals surface area contributed by atoms with Crippen LogP contribution < -0.4 is 4.90 Å². The van der Waals surface area contributed by atoms with Crippen LogP contribution in [0.3, 0.4) is 0 Å². The Balaban J connectivity index is 2.02. The van der Waals surface area contributed by atoms with E-state index in [9.17, 15) is 5.26 Å². The number of hydrogen-bond donors (Lipinski definition) is 0. The third-order valence-corrected chi connectivity index (χ3v) is 3.34. The molecule has 96 valence electrons. The van der Waals surface area contributed by atoms with Crippen LogP contribution in [-0.2, 0) is 0 Å². The summed E-state index contributed by atoms with van der Waals surface area (Å²) in [5.74, 6) is 0.710. The minimum atomic E-state index is 0.406. The van der Waals surface area contributed by atoms with Gasteiger partial charge in [-0.15, -0.1) is 15.0 Å². The van der Waals surface area contributed by atoms with Crippen molar-refractivity contribution in [3.63, 3.8) is 0 Å². The van der Waals surface area contributed by atoms with Gasteiger partial charge in [-0.1, -0.05) is 12.1 Å². The van der Waals surface area contributed by atoms with E-state index < -0.39 is 0 Å². The van der Waals surface area contributed by atoms with Crippen LogP contribution in [-0.4, -0.2) is 28.1 Å². The molecular weight excluding hydrogens is 238 g/mol. The summed E-state index contributed by atoms with van der Waals surface area (Å²) >= 11 is 0. The lowest BCUT2D eigenvalue weighted by molar-refractivity contribution is 0.743. The second-order valence-corrected chi connectivity index (χ2v) is 4.81. The molecule has 19 heavy (non-hydrogen) atoms. The molecule has 2 aromatic rings. The summed E-state index contributed by atoms with van der Waals surface area (Å²) in [5, 5.41) is 18.0. The Morgan fingerprint density at radius 2 is 2.00 bits per heavy atom. The molecule has 5 heteroatoms. The zero-order valence-electron chi connectivity index (χ0n) is 10.9. The average Bonchev–Trinajstić information content (AvgIpc) is 3.07. The van der Waals surface area contributed by atoms with E-state index in [-0.39, 0.29) is 0 Å². The lowest BCUT2D eigenvalue weighted by Crippen LogP contribution is -2.19. The summed E-state index contributed by atoms with van der Waals surface area (Å²) in [5.41, 5.74) is 2.45. The summed E-state index contributed by atoms with van der Waals surface area (Å²) < 4.78 is 0. The van der Waals surface area contributed by atoms with Crippen molar-refractivity contribution in [1.29, 1.82) is 5.26 Å². The van der Waals surface area contributed by atoms with Gasteiger partial charge in [-0.05, 0) is 37.5 Å². The molecule has 1 aliphatic heterocycles. The lowest BCUT2D eigenvalue weighted by atomic mass is 10.2. The highest BCUT2D eigenvalue weighted by molar-refractivity contribution is 5.51. The zero-order chi connectivity index (χ0) is 13.2. The Morgan fingerprint density at radius 3 is 2.68 bits per heavy atom. The zero-order valence-corrected chi connectivity index (χ0v) is 10.9. The monoisotopic (exact) mass is 253 g/mol. The Morgan fingerprint density at radius 1 is 1.21 bits per heavy atom. The van der Waals surface area contributed by atoms with E-state index in [1.54, 1.807) is 4.80 Å². The Bertz CT molecular complexity index is 632. The maximum absolute atomic E-state index is 9.20. The molecule has 0 amide bonds. The van der Waals surface area contributed by atoms with Gasteiger partial charge in [0.15, 0.2) is 5.82 Å². The first-order valence-electron chi connectivity index (χ1n) is 6.47. The second-order valence-electron chi connectivity index (χ2n) is 4.81. The minimum Gasteiger partial charge on any atom is -0.353 e. The fourth-order valence-electron chi connectivity index (χ4n) is 2.38. The van der Waals surface area contributed by atoms with E-state index in [0.29, 0.717) is 11.5 Å². The molecule has 1 aliphatic rings. The van der Waals surface area contributed by atoms with E-state index in [1.165, 1.54) is 0 Å². The molecule has 1 fully saturated rings. The second kappa shape index (κ2) is 4.73. The highest BCUT2D eigenvalue weighted by Gasteiger charge is 2.21. The van der Waals surface area contributed by atoms with Crippen molar-refractivity contribution in [2.45, 2.75) is 19.8 Å². The number of anilines is 1. The van der Waals surface area contributed by atoms with Crippen molar-refractivity contribution >= 4 is 5.82 Å². The molecule has 0 unspecified atom stereocenters. The van der Waals surface area contributed by atoms with E-state index in [2.05, 4.69) is 21.2 Å². The largest absolute Gasteiger partial charge is 0.353 e. The molecule has 1 saturated heterocycles. The molecular formula is C14H15N5. The molecule has 0 N–H and O–H groups in total. The quantitative estimate of drug-likeness (QED) is 0.822. The predicted molar refractivity (Wildman–Crippen MR) is 72.3 cm³/mol. The van der Waals surface area contributed by atoms with E-state index in [4.69, 9.17) is 0 Å². The number of benzene rings is 1. The van der Waals surface area contributed by atoms with Crippen molar-refractivity contribution in [2.24, 2.45) is 0 Å². The van der Waals surface area contributed by atoms with Crippen LogP contribution >= 0.6 is 0 Å². The first-order chi connectivity index (χ1) is 9.28. The molecule has 0 bridgehead atoms. The summed E-state index contributed by atoms with van der Waals surface area (Å²) in [4.78, 5) is 3.69. The number of nitrogens with zero attached hydrogens (tertiary/aromatic N) is 5. The summed E-state index contributed by atoms with van der Waals surface area (Å²) in [6.45, 7) is 3.95. The highest BCUT2D eigenvalue weighted by Crippen LogP contribution is 2.21. The van der Waals surface area contributed by atoms with E-state index in [0.717, 1.165) is 37.2 Å². The van der Waals surface area contributed by atoms with Crippen molar-refractivity contribution in [3.8, 4) is 11.8 Å². The van der Waals surface area contributed by atoms with E-state index in [1.807, 2.05) is 31.2 Å². The van der Waals surface area contributed by atoms with Crippen LogP contribution in [0.4, 0.5) is 5.82 Å². The van der Waals surface area contributed by atoms with E-state index >= 15 is 0 Å². The van der Waals surface area contributed by atoms with Crippen LogP contribution in [0.2, 0.25) is 0 Å². The van der Waals surface area contributed by atoms with Gasteiger partial charge in [0.05, 0.1) is 5.69 Å². The molecule has 0 spiro atoms. The minimum absolute atomic E-state index is 0.406. The topological polar surface area (TPSA) is 57.7 Å². The number of rotatable bonds is 2. The van der Waals surface area contributed by atoms with Crippen LogP contribution in [0.5, 0.6) is 0 Å². The molecule has 2 heterocycles. The highest BCUT2D eigenvalue weighted by atomic mass is 15.5. The molecule has 1 aromatic heterocycles. The van der Waals surface area contributed by atoms with Crippen molar-refractivity contribution in [1.82, 2.24) is 15.0 Å². The van der Waals surface area contributed by atoms with Crippen LogP contribution in [0.25, 0.3) is 5.69 Å². The summed E-state index contributed by atoms with van der Waals surface area (Å²) in [6.07, 6.45) is 2.31. The molecule has 0 saturated carbocycles. The Hall–Kier alpha value is -2.35. The predicted octanol–water partition coefficient (Wildman–Crippen LogP) is 2.05. The number of aryl methyl sites for hydroxylation is 1. The third kappa shape index (κ3) is 2.17. The molecule has 3 rings (SSSR count).